The first-order valence-electron chi connectivity index (χ1n) is 9.92. The lowest BCUT2D eigenvalue weighted by Gasteiger charge is -2.54. The molecule has 0 radical (unpaired) electrons. The van der Waals surface area contributed by atoms with E-state index in [9.17, 15) is 0 Å². The van der Waals surface area contributed by atoms with E-state index in [1.54, 1.807) is 6.21 Å². The van der Waals surface area contributed by atoms with E-state index in [-0.39, 0.29) is 16.9 Å². The average Bonchev–Trinajstić information content (AvgIpc) is 2.67. The van der Waals surface area contributed by atoms with Gasteiger partial charge in [0.25, 0.3) is 0 Å². The molecule has 0 bridgehead atoms. The largest absolute Gasteiger partial charge is 0.312 e. The van der Waals surface area contributed by atoms with Crippen LogP contribution < -0.4 is 4.57 Å². The zero-order valence-electron chi connectivity index (χ0n) is 16.2. The number of aromatic nitrogens is 1. The van der Waals surface area contributed by atoms with E-state index in [1.807, 2.05) is 0 Å². The van der Waals surface area contributed by atoms with Gasteiger partial charge in [-0.1, -0.05) is 39.0 Å². The van der Waals surface area contributed by atoms with Crippen LogP contribution in [0.2, 0.25) is 0 Å². The number of benzene rings is 1. The maximum Gasteiger partial charge on any atom is 0.213 e. The minimum Gasteiger partial charge on any atom is -0.312 e. The predicted octanol–water partition coefficient (Wildman–Crippen LogP) is 5.29. The van der Waals surface area contributed by atoms with Crippen LogP contribution in [0.3, 0.4) is 0 Å². The van der Waals surface area contributed by atoms with Gasteiger partial charge in [-0.05, 0) is 55.5 Å². The molecule has 1 aromatic carbocycles. The van der Waals surface area contributed by atoms with Gasteiger partial charge < -0.3 is 5.41 Å². The van der Waals surface area contributed by atoms with Crippen LogP contribution in [0.4, 0.5) is 0 Å². The molecule has 3 atom stereocenters. The van der Waals surface area contributed by atoms with Crippen LogP contribution >= 0.6 is 0 Å². The number of rotatable bonds is 6. The zero-order valence-corrected chi connectivity index (χ0v) is 16.2. The number of nitrogens with one attached hydrogen (secondary N) is 1. The average molecular weight is 346 g/mol. The predicted molar refractivity (Wildman–Crippen MR) is 108 cm³/mol. The van der Waals surface area contributed by atoms with Crippen LogP contribution in [0.1, 0.15) is 62.8 Å². The molecule has 1 N–H and O–H groups in total. The standard InChI is InChI=1S/C24H29N2/c1-5-8-10-17-13-14-19-18(15-17)21-11-9-12-22-20(16-25)24(7-3,26(21)22)23(19,4)6-2/h7,9,11-16,20,25H,3,5-6,8,10H2,1-2,4H3/q+1. The van der Waals surface area contributed by atoms with Crippen molar-refractivity contribution in [2.75, 3.05) is 0 Å². The van der Waals surface area contributed by atoms with Crippen molar-refractivity contribution < 1.29 is 4.57 Å². The molecule has 0 aliphatic carbocycles. The molecule has 26 heavy (non-hydrogen) atoms. The molecule has 0 fully saturated rings. The number of nitrogens with zero attached hydrogens (tertiary/aromatic N) is 1. The second-order valence-corrected chi connectivity index (χ2v) is 8.01. The van der Waals surface area contributed by atoms with Crippen LogP contribution in [0, 0.1) is 5.41 Å². The lowest BCUT2D eigenvalue weighted by Crippen LogP contribution is -2.80. The van der Waals surface area contributed by atoms with Gasteiger partial charge in [-0.3, -0.25) is 0 Å². The lowest BCUT2D eigenvalue weighted by atomic mass is 9.52. The van der Waals surface area contributed by atoms with Crippen molar-refractivity contribution in [2.24, 2.45) is 0 Å². The molecule has 4 rings (SSSR count). The summed E-state index contributed by atoms with van der Waals surface area (Å²) in [5, 5.41) is 8.11. The van der Waals surface area contributed by atoms with Gasteiger partial charge >= 0.3 is 0 Å². The van der Waals surface area contributed by atoms with E-state index in [0.29, 0.717) is 0 Å². The van der Waals surface area contributed by atoms with Crippen molar-refractivity contribution >= 4 is 6.21 Å². The highest BCUT2D eigenvalue weighted by atomic mass is 15.2. The number of fused-ring (bicyclic) bond motifs is 2. The Hall–Kier alpha value is -2.22. The van der Waals surface area contributed by atoms with Gasteiger partial charge in [0.15, 0.2) is 5.69 Å². The molecular weight excluding hydrogens is 316 g/mol. The van der Waals surface area contributed by atoms with Crippen LogP contribution in [-0.2, 0) is 17.4 Å². The summed E-state index contributed by atoms with van der Waals surface area (Å²) >= 11 is 0. The van der Waals surface area contributed by atoms with E-state index in [2.05, 4.69) is 74.4 Å². The van der Waals surface area contributed by atoms with Gasteiger partial charge in [-0.25, -0.2) is 0 Å². The number of pyridine rings is 1. The van der Waals surface area contributed by atoms with E-state index >= 15 is 0 Å². The Morgan fingerprint density at radius 1 is 1.23 bits per heavy atom. The molecule has 0 spiro atoms. The maximum absolute atomic E-state index is 8.11. The van der Waals surface area contributed by atoms with E-state index < -0.39 is 0 Å². The summed E-state index contributed by atoms with van der Waals surface area (Å²) < 4.78 is 2.46. The molecule has 0 amide bonds. The number of unbranched alkanes of at least 4 members (excludes halogenated alkanes) is 1. The maximum atomic E-state index is 8.11. The molecule has 0 saturated carbocycles. The number of hydrogen-bond acceptors (Lipinski definition) is 1. The SMILES string of the molecule is C=CC12C(C=N)c3cccc([n+]31)-c1cc(CCCC)ccc1C2(C)CC. The molecule has 0 saturated heterocycles. The molecule has 1 aromatic heterocycles. The fourth-order valence-electron chi connectivity index (χ4n) is 5.45. The highest BCUT2D eigenvalue weighted by molar-refractivity contribution is 5.74. The van der Waals surface area contributed by atoms with Crippen molar-refractivity contribution in [3.8, 4) is 11.3 Å². The third-order valence-corrected chi connectivity index (χ3v) is 7.03. The quantitative estimate of drug-likeness (QED) is 0.418. The summed E-state index contributed by atoms with van der Waals surface area (Å²) in [5.41, 5.74) is 6.40. The summed E-state index contributed by atoms with van der Waals surface area (Å²) in [5.74, 6) is 0.0952. The fraction of sp³-hybridized carbons (Fsp3) is 0.417. The number of aryl methyl sites for hydroxylation is 1. The molecular formula is C24H29N2+. The Morgan fingerprint density at radius 3 is 2.69 bits per heavy atom. The summed E-state index contributed by atoms with van der Waals surface area (Å²) in [6.45, 7) is 11.1. The third-order valence-electron chi connectivity index (χ3n) is 7.03. The minimum absolute atomic E-state index is 0.0679. The normalized spacial score (nSPS) is 27.9. The smallest absolute Gasteiger partial charge is 0.213 e. The van der Waals surface area contributed by atoms with Gasteiger partial charge in [-0.15, -0.1) is 0 Å². The zero-order chi connectivity index (χ0) is 18.5. The van der Waals surface area contributed by atoms with Crippen LogP contribution in [0.5, 0.6) is 0 Å². The minimum atomic E-state index is -0.243. The second-order valence-electron chi connectivity index (χ2n) is 8.01. The Bertz CT molecular complexity index is 897. The van der Waals surface area contributed by atoms with Gasteiger partial charge in [0.2, 0.25) is 11.2 Å². The van der Waals surface area contributed by atoms with E-state index in [4.69, 9.17) is 5.41 Å². The fourth-order valence-corrected chi connectivity index (χ4v) is 5.45. The van der Waals surface area contributed by atoms with Gasteiger partial charge in [0.05, 0.1) is 11.0 Å². The topological polar surface area (TPSA) is 27.7 Å². The van der Waals surface area contributed by atoms with Crippen molar-refractivity contribution in [2.45, 2.75) is 63.3 Å². The van der Waals surface area contributed by atoms with Gasteiger partial charge in [-0.2, -0.15) is 4.57 Å². The van der Waals surface area contributed by atoms with Gasteiger partial charge in [0, 0.05) is 18.3 Å². The Kier molecular flexibility index (Phi) is 3.91. The Morgan fingerprint density at radius 2 is 2.04 bits per heavy atom. The van der Waals surface area contributed by atoms with Crippen molar-refractivity contribution in [1.82, 2.24) is 0 Å². The van der Waals surface area contributed by atoms with Crippen molar-refractivity contribution in [1.29, 1.82) is 5.41 Å². The molecule has 2 aliphatic heterocycles. The summed E-state index contributed by atoms with van der Waals surface area (Å²) in [6.07, 6.45) is 8.34. The molecule has 3 unspecified atom stereocenters. The second kappa shape index (κ2) is 5.90. The van der Waals surface area contributed by atoms with Gasteiger partial charge in [0.1, 0.15) is 5.92 Å². The summed E-state index contributed by atoms with van der Waals surface area (Å²) in [4.78, 5) is 0. The molecule has 2 heteroatoms. The van der Waals surface area contributed by atoms with Crippen molar-refractivity contribution in [3.05, 3.63) is 65.9 Å². The molecule has 3 heterocycles. The third kappa shape index (κ3) is 1.83. The highest BCUT2D eigenvalue weighted by Gasteiger charge is 2.71. The first-order valence-corrected chi connectivity index (χ1v) is 9.92. The lowest BCUT2D eigenvalue weighted by molar-refractivity contribution is -0.804. The van der Waals surface area contributed by atoms with Crippen LogP contribution in [0.15, 0.2) is 49.1 Å². The monoisotopic (exact) mass is 345 g/mol. The summed E-state index contributed by atoms with van der Waals surface area (Å²) in [7, 11) is 0. The molecule has 134 valence electrons. The number of allylic oxidation sites excluding steroid dienone is 1. The first-order chi connectivity index (χ1) is 12.6. The summed E-state index contributed by atoms with van der Waals surface area (Å²) in [6, 6.07) is 13.6. The van der Waals surface area contributed by atoms with Crippen molar-refractivity contribution in [3.63, 3.8) is 0 Å². The van der Waals surface area contributed by atoms with Crippen LogP contribution in [0.25, 0.3) is 11.3 Å². The highest BCUT2D eigenvalue weighted by Crippen LogP contribution is 2.58. The van der Waals surface area contributed by atoms with E-state index in [0.717, 1.165) is 12.8 Å². The molecule has 2 aliphatic rings. The Balaban J connectivity index is 2.02. The molecule has 2 aromatic rings. The first kappa shape index (κ1) is 17.2. The molecule has 2 nitrogen and oxygen atoms in total. The number of hydrogen-bond donors (Lipinski definition) is 1. The Labute approximate surface area is 157 Å². The van der Waals surface area contributed by atoms with E-state index in [1.165, 1.54) is 40.9 Å². The van der Waals surface area contributed by atoms with Crippen LogP contribution in [-0.4, -0.2) is 6.21 Å².